The van der Waals surface area contributed by atoms with Crippen molar-refractivity contribution in [2.24, 2.45) is 0 Å². The molecular weight excluding hydrogens is 206 g/mol. The Morgan fingerprint density at radius 2 is 2.31 bits per heavy atom. The average molecular weight is 221 g/mol. The third-order valence-corrected chi connectivity index (χ3v) is 2.70. The molecule has 0 aromatic heterocycles. The van der Waals surface area contributed by atoms with E-state index in [-0.39, 0.29) is 12.3 Å². The Kier molecular flexibility index (Phi) is 3.79. The Bertz CT molecular complexity index is 403. The van der Waals surface area contributed by atoms with Crippen LogP contribution in [0.2, 0.25) is 0 Å². The van der Waals surface area contributed by atoms with Crippen molar-refractivity contribution < 1.29 is 10.0 Å². The van der Waals surface area contributed by atoms with Crippen LogP contribution in [0.25, 0.3) is 0 Å². The maximum atomic E-state index is 10.6. The van der Waals surface area contributed by atoms with Gasteiger partial charge < -0.3 is 5.11 Å². The molecule has 1 rings (SSSR count). The van der Waals surface area contributed by atoms with E-state index in [0.717, 1.165) is 5.56 Å². The molecule has 0 bridgehead atoms. The number of rotatable bonds is 5. The van der Waals surface area contributed by atoms with Crippen LogP contribution >= 0.6 is 0 Å². The van der Waals surface area contributed by atoms with Gasteiger partial charge in [0.25, 0.3) is 5.69 Å². The van der Waals surface area contributed by atoms with Crippen molar-refractivity contribution in [1.29, 1.82) is 0 Å². The number of hydrogen-bond donors (Lipinski definition) is 1. The summed E-state index contributed by atoms with van der Waals surface area (Å²) in [6.07, 6.45) is 2.28. The summed E-state index contributed by atoms with van der Waals surface area (Å²) >= 11 is 0. The summed E-state index contributed by atoms with van der Waals surface area (Å²) in [5.74, 6) is 0. The second-order valence-electron chi connectivity index (χ2n) is 4.02. The van der Waals surface area contributed by atoms with E-state index in [1.54, 1.807) is 18.2 Å². The summed E-state index contributed by atoms with van der Waals surface area (Å²) in [6, 6.07) is 6.35. The molecule has 86 valence electrons. The smallest absolute Gasteiger partial charge is 0.269 e. The van der Waals surface area contributed by atoms with E-state index in [0.29, 0.717) is 6.42 Å². The van der Waals surface area contributed by atoms with Gasteiger partial charge in [0, 0.05) is 17.5 Å². The number of nitro benzene ring substituents is 1. The highest BCUT2D eigenvalue weighted by atomic mass is 16.6. The van der Waals surface area contributed by atoms with E-state index in [2.05, 4.69) is 6.58 Å². The third kappa shape index (κ3) is 2.46. The van der Waals surface area contributed by atoms with Crippen molar-refractivity contribution in [3.05, 3.63) is 52.6 Å². The Balaban J connectivity index is 3.15. The second-order valence-corrected chi connectivity index (χ2v) is 4.02. The van der Waals surface area contributed by atoms with Gasteiger partial charge in [0.2, 0.25) is 0 Å². The van der Waals surface area contributed by atoms with Gasteiger partial charge in [0.15, 0.2) is 0 Å². The predicted octanol–water partition coefficient (Wildman–Crippen LogP) is 2.42. The molecule has 1 aromatic carbocycles. The Morgan fingerprint density at radius 3 is 2.81 bits per heavy atom. The Labute approximate surface area is 94.4 Å². The molecule has 0 amide bonds. The first-order valence-electron chi connectivity index (χ1n) is 5.00. The second kappa shape index (κ2) is 4.90. The maximum absolute atomic E-state index is 10.6. The van der Waals surface area contributed by atoms with Crippen LogP contribution < -0.4 is 0 Å². The van der Waals surface area contributed by atoms with Gasteiger partial charge in [-0.25, -0.2) is 0 Å². The lowest BCUT2D eigenvalue weighted by Crippen LogP contribution is -2.25. The van der Waals surface area contributed by atoms with Crippen LogP contribution in [-0.2, 0) is 5.41 Å². The summed E-state index contributed by atoms with van der Waals surface area (Å²) in [6.45, 7) is 5.42. The molecule has 0 spiro atoms. The molecule has 1 aromatic rings. The monoisotopic (exact) mass is 221 g/mol. The Morgan fingerprint density at radius 1 is 1.62 bits per heavy atom. The number of non-ortho nitro benzene ring substituents is 1. The van der Waals surface area contributed by atoms with Gasteiger partial charge in [-0.3, -0.25) is 10.1 Å². The van der Waals surface area contributed by atoms with Crippen LogP contribution in [0.3, 0.4) is 0 Å². The zero-order chi connectivity index (χ0) is 12.2. The molecule has 0 radical (unpaired) electrons. The van der Waals surface area contributed by atoms with Crippen molar-refractivity contribution in [3.8, 4) is 0 Å². The lowest BCUT2D eigenvalue weighted by Gasteiger charge is -2.26. The third-order valence-electron chi connectivity index (χ3n) is 2.70. The van der Waals surface area contributed by atoms with Gasteiger partial charge in [-0.05, 0) is 12.0 Å². The minimum Gasteiger partial charge on any atom is -0.395 e. The van der Waals surface area contributed by atoms with Gasteiger partial charge in [0.05, 0.1) is 11.5 Å². The van der Waals surface area contributed by atoms with Crippen LogP contribution in [0.1, 0.15) is 18.9 Å². The predicted molar refractivity (Wildman–Crippen MR) is 62.3 cm³/mol. The number of aliphatic hydroxyl groups is 1. The lowest BCUT2D eigenvalue weighted by atomic mass is 9.80. The molecule has 0 saturated carbocycles. The van der Waals surface area contributed by atoms with Crippen molar-refractivity contribution in [1.82, 2.24) is 0 Å². The molecule has 0 saturated heterocycles. The molecule has 4 heteroatoms. The summed E-state index contributed by atoms with van der Waals surface area (Å²) < 4.78 is 0. The van der Waals surface area contributed by atoms with Gasteiger partial charge in [0.1, 0.15) is 0 Å². The van der Waals surface area contributed by atoms with Gasteiger partial charge in [-0.15, -0.1) is 6.58 Å². The van der Waals surface area contributed by atoms with Gasteiger partial charge >= 0.3 is 0 Å². The molecule has 16 heavy (non-hydrogen) atoms. The molecule has 1 N–H and O–H groups in total. The largest absolute Gasteiger partial charge is 0.395 e. The van der Waals surface area contributed by atoms with Crippen LogP contribution in [0, 0.1) is 10.1 Å². The quantitative estimate of drug-likeness (QED) is 0.472. The minimum absolute atomic E-state index is 0.0428. The minimum atomic E-state index is -0.506. The number of nitrogens with zero attached hydrogens (tertiary/aromatic N) is 1. The molecule has 0 aliphatic rings. The molecule has 1 unspecified atom stereocenters. The van der Waals surface area contributed by atoms with E-state index < -0.39 is 10.3 Å². The zero-order valence-electron chi connectivity index (χ0n) is 9.22. The average Bonchev–Trinajstić information content (AvgIpc) is 2.29. The summed E-state index contributed by atoms with van der Waals surface area (Å²) in [5.41, 5.74) is 0.290. The van der Waals surface area contributed by atoms with E-state index >= 15 is 0 Å². The summed E-state index contributed by atoms with van der Waals surface area (Å²) in [4.78, 5) is 10.2. The van der Waals surface area contributed by atoms with Crippen LogP contribution in [0.5, 0.6) is 0 Å². The lowest BCUT2D eigenvalue weighted by molar-refractivity contribution is -0.385. The molecule has 0 aliphatic carbocycles. The molecule has 0 fully saturated rings. The first-order valence-corrected chi connectivity index (χ1v) is 5.00. The highest BCUT2D eigenvalue weighted by Crippen LogP contribution is 2.29. The number of benzene rings is 1. The molecule has 0 aliphatic heterocycles. The first-order chi connectivity index (χ1) is 7.53. The number of aliphatic hydroxyl groups excluding tert-OH is 1. The number of nitro groups is 1. The number of allylic oxidation sites excluding steroid dienone is 1. The fraction of sp³-hybridized carbons (Fsp3) is 0.333. The maximum Gasteiger partial charge on any atom is 0.269 e. The molecule has 0 heterocycles. The topological polar surface area (TPSA) is 63.4 Å². The fourth-order valence-electron chi connectivity index (χ4n) is 1.59. The van der Waals surface area contributed by atoms with Crippen LogP contribution in [0.4, 0.5) is 5.69 Å². The molecule has 4 nitrogen and oxygen atoms in total. The zero-order valence-corrected chi connectivity index (χ0v) is 9.22. The van der Waals surface area contributed by atoms with E-state index in [1.807, 2.05) is 6.92 Å². The fourth-order valence-corrected chi connectivity index (χ4v) is 1.59. The van der Waals surface area contributed by atoms with Crippen LogP contribution in [0.15, 0.2) is 36.9 Å². The summed E-state index contributed by atoms with van der Waals surface area (Å²) in [7, 11) is 0. The Hall–Kier alpha value is -1.68. The van der Waals surface area contributed by atoms with Gasteiger partial charge in [-0.1, -0.05) is 25.1 Å². The van der Waals surface area contributed by atoms with E-state index in [4.69, 9.17) is 0 Å². The van der Waals surface area contributed by atoms with Crippen molar-refractivity contribution in [3.63, 3.8) is 0 Å². The van der Waals surface area contributed by atoms with E-state index in [9.17, 15) is 15.2 Å². The summed E-state index contributed by atoms with van der Waals surface area (Å²) in [5, 5.41) is 20.0. The van der Waals surface area contributed by atoms with Crippen molar-refractivity contribution in [2.75, 3.05) is 6.61 Å². The number of hydrogen-bond acceptors (Lipinski definition) is 3. The first kappa shape index (κ1) is 12.4. The molecule has 1 atom stereocenters. The SMILES string of the molecule is C=CCC(C)(CO)c1cccc([N+](=O)[O-])c1. The van der Waals surface area contributed by atoms with Gasteiger partial charge in [-0.2, -0.15) is 0 Å². The normalized spacial score (nSPS) is 14.1. The standard InChI is InChI=1S/C12H15NO3/c1-3-7-12(2,9-14)10-5-4-6-11(8-10)13(15)16/h3-6,8,14H,1,7,9H2,2H3. The molecular formula is C12H15NO3. The van der Waals surface area contributed by atoms with E-state index in [1.165, 1.54) is 12.1 Å². The highest BCUT2D eigenvalue weighted by Gasteiger charge is 2.25. The van der Waals surface area contributed by atoms with Crippen molar-refractivity contribution >= 4 is 5.69 Å². The highest BCUT2D eigenvalue weighted by molar-refractivity contribution is 5.38. The van der Waals surface area contributed by atoms with Crippen molar-refractivity contribution in [2.45, 2.75) is 18.8 Å². The van der Waals surface area contributed by atoms with Crippen LogP contribution in [-0.4, -0.2) is 16.6 Å².